The Morgan fingerprint density at radius 1 is 1.12 bits per heavy atom. The summed E-state index contributed by atoms with van der Waals surface area (Å²) >= 11 is 0. The summed E-state index contributed by atoms with van der Waals surface area (Å²) in [4.78, 5) is 8.60. The predicted molar refractivity (Wildman–Crippen MR) is 105 cm³/mol. The smallest absolute Gasteiger partial charge is 0.435 e. The van der Waals surface area contributed by atoms with Gasteiger partial charge in [-0.05, 0) is 30.2 Å². The van der Waals surface area contributed by atoms with Crippen molar-refractivity contribution < 1.29 is 22.3 Å². The van der Waals surface area contributed by atoms with Gasteiger partial charge in [-0.1, -0.05) is 11.3 Å². The van der Waals surface area contributed by atoms with E-state index in [1.54, 1.807) is 18.6 Å². The summed E-state index contributed by atoms with van der Waals surface area (Å²) in [5, 5.41) is 8.78. The van der Waals surface area contributed by atoms with Crippen LogP contribution in [0.15, 0.2) is 49.1 Å². The molecular formula is C21H16F4N6O. The van der Waals surface area contributed by atoms with Gasteiger partial charge in [0, 0.05) is 36.5 Å². The van der Waals surface area contributed by atoms with Crippen molar-refractivity contribution in [3.8, 4) is 28.4 Å². The van der Waals surface area contributed by atoms with Crippen LogP contribution in [0.4, 0.5) is 17.6 Å². The molecule has 1 aliphatic rings. The summed E-state index contributed by atoms with van der Waals surface area (Å²) in [6, 6.07) is 7.45. The maximum Gasteiger partial charge on any atom is 0.435 e. The standard InChI is InChI=1S/C21H16F4N6O/c22-14-1-2-15-13(4-6-32-18(15)8-14)9-31-10-17(27-11-31)16-7-12(3-5-26-16)19-20(21(23,24)25)29-30-28-19/h1-3,5,7-8,10-11,13H,4,6,9H2,(H,28,29,30)/t13-/m1/s1. The van der Waals surface area contributed by atoms with Crippen molar-refractivity contribution in [2.24, 2.45) is 0 Å². The number of ether oxygens (including phenoxy) is 1. The molecule has 5 rings (SSSR count). The molecule has 0 saturated heterocycles. The van der Waals surface area contributed by atoms with E-state index in [-0.39, 0.29) is 23.0 Å². The molecule has 0 unspecified atom stereocenters. The van der Waals surface area contributed by atoms with E-state index in [4.69, 9.17) is 4.74 Å². The fourth-order valence-electron chi connectivity index (χ4n) is 3.82. The lowest BCUT2D eigenvalue weighted by Crippen LogP contribution is -2.18. The highest BCUT2D eigenvalue weighted by Gasteiger charge is 2.37. The zero-order valence-electron chi connectivity index (χ0n) is 16.5. The van der Waals surface area contributed by atoms with Gasteiger partial charge in [-0.25, -0.2) is 9.37 Å². The van der Waals surface area contributed by atoms with Gasteiger partial charge in [-0.2, -0.15) is 13.2 Å². The predicted octanol–water partition coefficient (Wildman–Crippen LogP) is 4.45. The second-order valence-electron chi connectivity index (χ2n) is 7.43. The number of rotatable bonds is 4. The normalized spacial score (nSPS) is 15.9. The van der Waals surface area contributed by atoms with Crippen molar-refractivity contribution in [2.75, 3.05) is 6.61 Å². The number of hydrogen-bond donors (Lipinski definition) is 1. The van der Waals surface area contributed by atoms with Crippen molar-refractivity contribution in [1.29, 1.82) is 0 Å². The molecule has 0 spiro atoms. The van der Waals surface area contributed by atoms with Crippen molar-refractivity contribution in [1.82, 2.24) is 29.9 Å². The Morgan fingerprint density at radius 3 is 2.84 bits per heavy atom. The van der Waals surface area contributed by atoms with Crippen LogP contribution in [0.25, 0.3) is 22.6 Å². The highest BCUT2D eigenvalue weighted by Crippen LogP contribution is 2.36. The minimum Gasteiger partial charge on any atom is -0.493 e. The number of hydrogen-bond acceptors (Lipinski definition) is 5. The summed E-state index contributed by atoms with van der Waals surface area (Å²) in [7, 11) is 0. The van der Waals surface area contributed by atoms with Gasteiger partial charge in [-0.15, -0.1) is 5.10 Å². The van der Waals surface area contributed by atoms with Gasteiger partial charge in [-0.3, -0.25) is 10.1 Å². The Balaban J connectivity index is 1.40. The van der Waals surface area contributed by atoms with Crippen molar-refractivity contribution in [3.05, 3.63) is 66.1 Å². The van der Waals surface area contributed by atoms with E-state index in [1.165, 1.54) is 30.5 Å². The first-order valence-electron chi connectivity index (χ1n) is 9.77. The molecule has 11 heteroatoms. The Hall–Kier alpha value is -3.76. The fraction of sp³-hybridized carbons (Fsp3) is 0.238. The summed E-state index contributed by atoms with van der Waals surface area (Å²) in [5.41, 5.74) is 0.758. The molecule has 3 aromatic heterocycles. The van der Waals surface area contributed by atoms with Crippen LogP contribution < -0.4 is 4.74 Å². The zero-order valence-corrected chi connectivity index (χ0v) is 16.5. The third-order valence-corrected chi connectivity index (χ3v) is 5.33. The molecule has 4 heterocycles. The molecule has 0 amide bonds. The molecule has 1 atom stereocenters. The number of benzene rings is 1. The van der Waals surface area contributed by atoms with Gasteiger partial charge in [0.2, 0.25) is 0 Å². The number of fused-ring (bicyclic) bond motifs is 1. The molecule has 0 bridgehead atoms. The third kappa shape index (κ3) is 3.81. The van der Waals surface area contributed by atoms with Crippen LogP contribution in [0.5, 0.6) is 5.75 Å². The van der Waals surface area contributed by atoms with Crippen LogP contribution in [-0.4, -0.2) is 36.6 Å². The van der Waals surface area contributed by atoms with Gasteiger partial charge in [0.25, 0.3) is 0 Å². The molecule has 0 aliphatic carbocycles. The molecule has 0 radical (unpaired) electrons. The molecule has 1 aliphatic heterocycles. The highest BCUT2D eigenvalue weighted by molar-refractivity contribution is 5.67. The number of H-pyrrole nitrogens is 1. The third-order valence-electron chi connectivity index (χ3n) is 5.33. The summed E-state index contributed by atoms with van der Waals surface area (Å²) in [6.45, 7) is 1.09. The van der Waals surface area contributed by atoms with E-state index in [0.717, 1.165) is 12.0 Å². The van der Waals surface area contributed by atoms with Crippen molar-refractivity contribution in [2.45, 2.75) is 25.1 Å². The lowest BCUT2D eigenvalue weighted by Gasteiger charge is -2.26. The molecule has 4 aromatic rings. The van der Waals surface area contributed by atoms with E-state index >= 15 is 0 Å². The van der Waals surface area contributed by atoms with Gasteiger partial charge in [0.1, 0.15) is 23.0 Å². The van der Waals surface area contributed by atoms with E-state index < -0.39 is 11.9 Å². The van der Waals surface area contributed by atoms with Gasteiger partial charge >= 0.3 is 6.18 Å². The zero-order chi connectivity index (χ0) is 22.3. The Bertz CT molecular complexity index is 1270. The van der Waals surface area contributed by atoms with Crippen LogP contribution in [0.2, 0.25) is 0 Å². The largest absolute Gasteiger partial charge is 0.493 e. The number of alkyl halides is 3. The molecule has 32 heavy (non-hydrogen) atoms. The van der Waals surface area contributed by atoms with Gasteiger partial charge < -0.3 is 9.30 Å². The van der Waals surface area contributed by atoms with Crippen LogP contribution >= 0.6 is 0 Å². The second kappa shape index (κ2) is 7.74. The molecule has 0 fully saturated rings. The quantitative estimate of drug-likeness (QED) is 0.470. The summed E-state index contributed by atoms with van der Waals surface area (Å²) < 4.78 is 60.4. The SMILES string of the molecule is Fc1ccc2c(c1)OCC[C@@H]2Cn1cnc(-c2cc(-c3nn[nH]c3C(F)(F)F)ccn2)c1. The number of aromatic nitrogens is 6. The monoisotopic (exact) mass is 444 g/mol. The molecule has 1 N–H and O–H groups in total. The maximum absolute atomic E-state index is 13.5. The van der Waals surface area contributed by atoms with Crippen molar-refractivity contribution >= 4 is 0 Å². The highest BCUT2D eigenvalue weighted by atomic mass is 19.4. The maximum atomic E-state index is 13.5. The fourth-order valence-corrected chi connectivity index (χ4v) is 3.82. The number of imidazole rings is 1. The Kier molecular flexibility index (Phi) is 4.87. The topological polar surface area (TPSA) is 81.5 Å². The van der Waals surface area contributed by atoms with Crippen LogP contribution in [0, 0.1) is 5.82 Å². The molecular weight excluding hydrogens is 428 g/mol. The number of nitrogens with one attached hydrogen (secondary N) is 1. The number of pyridine rings is 1. The average Bonchev–Trinajstić information content (AvgIpc) is 3.44. The van der Waals surface area contributed by atoms with Crippen LogP contribution in [0.1, 0.15) is 23.6 Å². The van der Waals surface area contributed by atoms with Gasteiger partial charge in [0.15, 0.2) is 5.69 Å². The molecule has 164 valence electrons. The van der Waals surface area contributed by atoms with Crippen LogP contribution in [-0.2, 0) is 12.7 Å². The van der Waals surface area contributed by atoms with E-state index in [9.17, 15) is 17.6 Å². The lowest BCUT2D eigenvalue weighted by atomic mass is 9.93. The molecule has 7 nitrogen and oxygen atoms in total. The van der Waals surface area contributed by atoms with Crippen LogP contribution in [0.3, 0.4) is 0 Å². The van der Waals surface area contributed by atoms with Gasteiger partial charge in [0.05, 0.1) is 18.6 Å². The number of nitrogens with zero attached hydrogens (tertiary/aromatic N) is 5. The van der Waals surface area contributed by atoms with Crippen molar-refractivity contribution in [3.63, 3.8) is 0 Å². The first-order chi connectivity index (χ1) is 15.4. The minimum atomic E-state index is -4.60. The second-order valence-corrected chi connectivity index (χ2v) is 7.43. The Morgan fingerprint density at radius 2 is 2.00 bits per heavy atom. The van der Waals surface area contributed by atoms with E-state index in [2.05, 4.69) is 20.3 Å². The first kappa shape index (κ1) is 20.2. The Labute approximate surface area is 179 Å². The number of aromatic amines is 1. The molecule has 0 saturated carbocycles. The summed E-state index contributed by atoms with van der Waals surface area (Å²) in [6.07, 6.45) is 0.985. The lowest BCUT2D eigenvalue weighted by molar-refractivity contribution is -0.140. The minimum absolute atomic E-state index is 0.116. The summed E-state index contributed by atoms with van der Waals surface area (Å²) in [5.74, 6) is 0.315. The molecule has 1 aromatic carbocycles. The average molecular weight is 444 g/mol. The first-order valence-corrected chi connectivity index (χ1v) is 9.77. The van der Waals surface area contributed by atoms with E-state index in [1.807, 2.05) is 9.67 Å². The number of halogens is 4. The van der Waals surface area contributed by atoms with E-state index in [0.29, 0.717) is 30.3 Å².